The van der Waals surface area contributed by atoms with E-state index in [1.54, 1.807) is 12.1 Å². The van der Waals surface area contributed by atoms with Crippen LogP contribution in [0.5, 0.6) is 5.75 Å². The van der Waals surface area contributed by atoms with Gasteiger partial charge in [0, 0.05) is 12.6 Å². The van der Waals surface area contributed by atoms with Crippen molar-refractivity contribution in [2.75, 3.05) is 6.54 Å². The van der Waals surface area contributed by atoms with Crippen LogP contribution in [0.3, 0.4) is 0 Å². The molecule has 0 aliphatic heterocycles. The van der Waals surface area contributed by atoms with Gasteiger partial charge < -0.3 is 15.7 Å². The SMILES string of the molecule is O=C(CNCc1ccc(O)cc1)NC1CC1. The summed E-state index contributed by atoms with van der Waals surface area (Å²) in [4.78, 5) is 11.3. The third-order valence-corrected chi connectivity index (χ3v) is 2.49. The molecule has 1 aromatic carbocycles. The van der Waals surface area contributed by atoms with E-state index in [1.165, 1.54) is 0 Å². The van der Waals surface area contributed by atoms with Crippen LogP contribution in [0, 0.1) is 0 Å². The summed E-state index contributed by atoms with van der Waals surface area (Å²) in [6, 6.07) is 7.37. The summed E-state index contributed by atoms with van der Waals surface area (Å²) in [5, 5.41) is 15.1. The number of carbonyl (C=O) groups excluding carboxylic acids is 1. The average Bonchev–Trinajstić information content (AvgIpc) is 3.05. The van der Waals surface area contributed by atoms with Crippen molar-refractivity contribution >= 4 is 5.91 Å². The Labute approximate surface area is 94.7 Å². The Morgan fingerprint density at radius 3 is 2.62 bits per heavy atom. The standard InChI is InChI=1S/C12H16N2O2/c15-11-5-1-9(2-6-11)7-13-8-12(16)14-10-3-4-10/h1-2,5-6,10,13,15H,3-4,7-8H2,(H,14,16). The zero-order valence-corrected chi connectivity index (χ0v) is 9.07. The van der Waals surface area contributed by atoms with Gasteiger partial charge in [-0.15, -0.1) is 0 Å². The molecule has 1 fully saturated rings. The molecule has 1 aliphatic carbocycles. The fraction of sp³-hybridized carbons (Fsp3) is 0.417. The van der Waals surface area contributed by atoms with Crippen molar-refractivity contribution in [3.8, 4) is 5.75 Å². The van der Waals surface area contributed by atoms with E-state index in [2.05, 4.69) is 10.6 Å². The van der Waals surface area contributed by atoms with Crippen molar-refractivity contribution in [3.63, 3.8) is 0 Å². The maximum absolute atomic E-state index is 11.3. The first-order chi connectivity index (χ1) is 7.74. The van der Waals surface area contributed by atoms with Gasteiger partial charge >= 0.3 is 0 Å². The number of hydrogen-bond donors (Lipinski definition) is 3. The van der Waals surface area contributed by atoms with Crippen LogP contribution in [0.25, 0.3) is 0 Å². The van der Waals surface area contributed by atoms with Crippen molar-refractivity contribution in [1.82, 2.24) is 10.6 Å². The lowest BCUT2D eigenvalue weighted by atomic mass is 10.2. The monoisotopic (exact) mass is 220 g/mol. The predicted molar refractivity (Wildman–Crippen MR) is 61.0 cm³/mol. The highest BCUT2D eigenvalue weighted by molar-refractivity contribution is 5.78. The quantitative estimate of drug-likeness (QED) is 0.686. The molecule has 4 nitrogen and oxygen atoms in total. The second-order valence-corrected chi connectivity index (χ2v) is 4.11. The maximum atomic E-state index is 11.3. The first-order valence-electron chi connectivity index (χ1n) is 5.52. The van der Waals surface area contributed by atoms with Gasteiger partial charge in [0.25, 0.3) is 0 Å². The number of amides is 1. The first-order valence-corrected chi connectivity index (χ1v) is 5.52. The lowest BCUT2D eigenvalue weighted by molar-refractivity contribution is -0.120. The summed E-state index contributed by atoms with van der Waals surface area (Å²) in [6.45, 7) is 0.982. The van der Waals surface area contributed by atoms with Crippen LogP contribution < -0.4 is 10.6 Å². The fourth-order valence-electron chi connectivity index (χ4n) is 1.44. The number of benzene rings is 1. The molecule has 0 spiro atoms. The van der Waals surface area contributed by atoms with Crippen LogP contribution in [0.4, 0.5) is 0 Å². The second kappa shape index (κ2) is 4.99. The summed E-state index contributed by atoms with van der Waals surface area (Å²) < 4.78 is 0. The van der Waals surface area contributed by atoms with Crippen molar-refractivity contribution in [3.05, 3.63) is 29.8 Å². The normalized spacial score (nSPS) is 14.8. The molecule has 0 saturated heterocycles. The molecule has 1 aliphatic rings. The zero-order valence-electron chi connectivity index (χ0n) is 9.07. The molecule has 4 heteroatoms. The van der Waals surface area contributed by atoms with Gasteiger partial charge in [-0.1, -0.05) is 12.1 Å². The minimum atomic E-state index is 0.0567. The van der Waals surface area contributed by atoms with Gasteiger partial charge in [-0.3, -0.25) is 4.79 Å². The van der Waals surface area contributed by atoms with Gasteiger partial charge in [0.15, 0.2) is 0 Å². The smallest absolute Gasteiger partial charge is 0.234 e. The molecule has 0 bridgehead atoms. The minimum absolute atomic E-state index is 0.0567. The van der Waals surface area contributed by atoms with Gasteiger partial charge in [-0.2, -0.15) is 0 Å². The summed E-state index contributed by atoms with van der Waals surface area (Å²) in [5.41, 5.74) is 1.05. The van der Waals surface area contributed by atoms with E-state index in [9.17, 15) is 4.79 Å². The van der Waals surface area contributed by atoms with Crippen molar-refractivity contribution in [2.24, 2.45) is 0 Å². The highest BCUT2D eigenvalue weighted by Crippen LogP contribution is 2.18. The second-order valence-electron chi connectivity index (χ2n) is 4.11. The average molecular weight is 220 g/mol. The van der Waals surface area contributed by atoms with Gasteiger partial charge in [0.2, 0.25) is 5.91 Å². The van der Waals surface area contributed by atoms with E-state index < -0.39 is 0 Å². The largest absolute Gasteiger partial charge is 0.508 e. The molecule has 1 aromatic rings. The number of phenols is 1. The van der Waals surface area contributed by atoms with E-state index >= 15 is 0 Å². The van der Waals surface area contributed by atoms with E-state index in [1.807, 2.05) is 12.1 Å². The van der Waals surface area contributed by atoms with E-state index in [4.69, 9.17) is 5.11 Å². The summed E-state index contributed by atoms with van der Waals surface area (Å²) in [5.74, 6) is 0.316. The van der Waals surface area contributed by atoms with Crippen LogP contribution in [0.2, 0.25) is 0 Å². The lowest BCUT2D eigenvalue weighted by Crippen LogP contribution is -2.34. The molecule has 0 aromatic heterocycles. The lowest BCUT2D eigenvalue weighted by Gasteiger charge is -2.05. The van der Waals surface area contributed by atoms with Crippen LogP contribution in [0.15, 0.2) is 24.3 Å². The molecular weight excluding hydrogens is 204 g/mol. The van der Waals surface area contributed by atoms with Crippen LogP contribution >= 0.6 is 0 Å². The Balaban J connectivity index is 1.66. The van der Waals surface area contributed by atoms with E-state index in [0.717, 1.165) is 18.4 Å². The van der Waals surface area contributed by atoms with Crippen LogP contribution in [-0.4, -0.2) is 23.6 Å². The van der Waals surface area contributed by atoms with Gasteiger partial charge in [-0.25, -0.2) is 0 Å². The number of phenolic OH excluding ortho intramolecular Hbond substituents is 1. The molecule has 2 rings (SSSR count). The topological polar surface area (TPSA) is 61.4 Å². The Morgan fingerprint density at radius 1 is 1.31 bits per heavy atom. The summed E-state index contributed by atoms with van der Waals surface area (Å²) >= 11 is 0. The Morgan fingerprint density at radius 2 is 2.00 bits per heavy atom. The maximum Gasteiger partial charge on any atom is 0.234 e. The Bertz CT molecular complexity index is 358. The van der Waals surface area contributed by atoms with Crippen LogP contribution in [-0.2, 0) is 11.3 Å². The number of aromatic hydroxyl groups is 1. The van der Waals surface area contributed by atoms with Gasteiger partial charge in [0.05, 0.1) is 6.54 Å². The fourth-order valence-corrected chi connectivity index (χ4v) is 1.44. The molecule has 0 heterocycles. The molecular formula is C12H16N2O2. The van der Waals surface area contributed by atoms with Gasteiger partial charge in [-0.05, 0) is 30.5 Å². The highest BCUT2D eigenvalue weighted by atomic mass is 16.3. The predicted octanol–water partition coefficient (Wildman–Crippen LogP) is 0.760. The van der Waals surface area contributed by atoms with E-state index in [0.29, 0.717) is 19.1 Å². The highest BCUT2D eigenvalue weighted by Gasteiger charge is 2.22. The number of nitrogens with one attached hydrogen (secondary N) is 2. The van der Waals surface area contributed by atoms with E-state index in [-0.39, 0.29) is 11.7 Å². The minimum Gasteiger partial charge on any atom is -0.508 e. The number of carbonyl (C=O) groups is 1. The zero-order chi connectivity index (χ0) is 11.4. The molecule has 0 radical (unpaired) electrons. The molecule has 0 atom stereocenters. The number of hydrogen-bond acceptors (Lipinski definition) is 3. The molecule has 3 N–H and O–H groups in total. The summed E-state index contributed by atoms with van der Waals surface area (Å²) in [6.07, 6.45) is 2.23. The van der Waals surface area contributed by atoms with Crippen molar-refractivity contribution in [2.45, 2.75) is 25.4 Å². The van der Waals surface area contributed by atoms with Crippen molar-refractivity contribution < 1.29 is 9.90 Å². The molecule has 1 amide bonds. The van der Waals surface area contributed by atoms with Crippen LogP contribution in [0.1, 0.15) is 18.4 Å². The Kier molecular flexibility index (Phi) is 3.41. The molecule has 86 valence electrons. The van der Waals surface area contributed by atoms with Gasteiger partial charge in [0.1, 0.15) is 5.75 Å². The first kappa shape index (κ1) is 11.0. The van der Waals surface area contributed by atoms with Crippen molar-refractivity contribution in [1.29, 1.82) is 0 Å². The molecule has 16 heavy (non-hydrogen) atoms. The Hall–Kier alpha value is -1.55. The number of rotatable bonds is 5. The molecule has 0 unspecified atom stereocenters. The molecule has 1 saturated carbocycles. The summed E-state index contributed by atoms with van der Waals surface area (Å²) in [7, 11) is 0. The third-order valence-electron chi connectivity index (χ3n) is 2.49. The third kappa shape index (κ3) is 3.55.